The Labute approximate surface area is 179 Å². The highest BCUT2D eigenvalue weighted by Gasteiger charge is 2.13. The first-order valence-corrected chi connectivity index (χ1v) is 10.2. The Morgan fingerprint density at radius 3 is 2.17 bits per heavy atom. The van der Waals surface area contributed by atoms with Gasteiger partial charge in [0.1, 0.15) is 11.5 Å². The zero-order valence-electron chi connectivity index (χ0n) is 18.1. The number of hydrogen-bond acceptors (Lipinski definition) is 5. The maximum absolute atomic E-state index is 12.2. The van der Waals surface area contributed by atoms with Gasteiger partial charge in [-0.3, -0.25) is 9.69 Å². The van der Waals surface area contributed by atoms with Crippen molar-refractivity contribution in [2.75, 3.05) is 47.4 Å². The van der Waals surface area contributed by atoms with Gasteiger partial charge in [0.15, 0.2) is 0 Å². The summed E-state index contributed by atoms with van der Waals surface area (Å²) in [5.41, 5.74) is 3.23. The highest BCUT2D eigenvalue weighted by molar-refractivity contribution is 5.91. The molecule has 1 aliphatic heterocycles. The Morgan fingerprint density at radius 1 is 0.967 bits per heavy atom. The number of ether oxygens (including phenoxy) is 2. The van der Waals surface area contributed by atoms with Crippen molar-refractivity contribution in [1.82, 2.24) is 15.1 Å². The lowest BCUT2D eigenvalue weighted by atomic mass is 10.1. The summed E-state index contributed by atoms with van der Waals surface area (Å²) >= 11 is 0. The number of hydrogen-bond donors (Lipinski definition) is 1. The second-order valence-corrected chi connectivity index (χ2v) is 7.59. The molecule has 0 radical (unpaired) electrons. The molecule has 1 heterocycles. The van der Waals surface area contributed by atoms with Gasteiger partial charge < -0.3 is 19.7 Å². The Kier molecular flexibility index (Phi) is 7.88. The number of nitrogens with zero attached hydrogens (tertiary/aromatic N) is 2. The summed E-state index contributed by atoms with van der Waals surface area (Å²) in [4.78, 5) is 17.0. The second kappa shape index (κ2) is 10.8. The molecule has 6 heteroatoms. The molecule has 0 aliphatic carbocycles. The quantitative estimate of drug-likeness (QED) is 0.680. The first-order valence-electron chi connectivity index (χ1n) is 10.2. The average molecular weight is 410 g/mol. The van der Waals surface area contributed by atoms with Crippen LogP contribution >= 0.6 is 0 Å². The molecular formula is C24H31N3O3. The van der Waals surface area contributed by atoms with Crippen LogP contribution in [0, 0.1) is 0 Å². The van der Waals surface area contributed by atoms with Crippen molar-refractivity contribution in [3.8, 4) is 11.5 Å². The molecule has 160 valence electrons. The van der Waals surface area contributed by atoms with Gasteiger partial charge >= 0.3 is 0 Å². The molecule has 0 bridgehead atoms. The van der Waals surface area contributed by atoms with E-state index in [1.807, 2.05) is 12.1 Å². The molecule has 6 nitrogen and oxygen atoms in total. The molecule has 0 saturated carbocycles. The molecule has 1 N–H and O–H groups in total. The van der Waals surface area contributed by atoms with Crippen LogP contribution in [0.1, 0.15) is 16.7 Å². The van der Waals surface area contributed by atoms with E-state index >= 15 is 0 Å². The van der Waals surface area contributed by atoms with Crippen molar-refractivity contribution >= 4 is 12.0 Å². The van der Waals surface area contributed by atoms with Crippen LogP contribution < -0.4 is 14.8 Å². The summed E-state index contributed by atoms with van der Waals surface area (Å²) in [6.45, 7) is 5.95. The summed E-state index contributed by atoms with van der Waals surface area (Å²) in [5, 5.41) is 2.93. The monoisotopic (exact) mass is 409 g/mol. The number of nitrogens with one attached hydrogen (secondary N) is 1. The summed E-state index contributed by atoms with van der Waals surface area (Å²) < 4.78 is 10.5. The third-order valence-corrected chi connectivity index (χ3v) is 5.29. The van der Waals surface area contributed by atoms with Crippen molar-refractivity contribution in [2.45, 2.75) is 13.1 Å². The van der Waals surface area contributed by atoms with Crippen molar-refractivity contribution in [2.24, 2.45) is 0 Å². The van der Waals surface area contributed by atoms with Crippen molar-refractivity contribution < 1.29 is 14.3 Å². The van der Waals surface area contributed by atoms with Gasteiger partial charge in [-0.1, -0.05) is 24.3 Å². The van der Waals surface area contributed by atoms with E-state index in [4.69, 9.17) is 9.47 Å². The molecule has 0 aromatic heterocycles. The van der Waals surface area contributed by atoms with E-state index in [1.54, 1.807) is 26.4 Å². The zero-order valence-corrected chi connectivity index (χ0v) is 18.1. The number of likely N-dealkylation sites (N-methyl/N-ethyl adjacent to an activating group) is 1. The van der Waals surface area contributed by atoms with E-state index in [2.05, 4.69) is 46.4 Å². The van der Waals surface area contributed by atoms with Gasteiger partial charge in [-0.25, -0.2) is 0 Å². The summed E-state index contributed by atoms with van der Waals surface area (Å²) in [5.74, 6) is 1.23. The van der Waals surface area contributed by atoms with E-state index < -0.39 is 0 Å². The van der Waals surface area contributed by atoms with Crippen molar-refractivity contribution in [1.29, 1.82) is 0 Å². The number of benzene rings is 2. The fraction of sp³-hybridized carbons (Fsp3) is 0.375. The van der Waals surface area contributed by atoms with E-state index in [1.165, 1.54) is 11.6 Å². The minimum Gasteiger partial charge on any atom is -0.497 e. The Hall–Kier alpha value is -2.83. The number of rotatable bonds is 8. The minimum atomic E-state index is -0.140. The largest absolute Gasteiger partial charge is 0.497 e. The second-order valence-electron chi connectivity index (χ2n) is 7.59. The van der Waals surface area contributed by atoms with Gasteiger partial charge in [-0.05, 0) is 41.9 Å². The topological polar surface area (TPSA) is 54.0 Å². The average Bonchev–Trinajstić information content (AvgIpc) is 2.78. The highest BCUT2D eigenvalue weighted by atomic mass is 16.5. The number of carbonyl (C=O) groups excluding carboxylic acids is 1. The van der Waals surface area contributed by atoms with Crippen LogP contribution in [0.2, 0.25) is 0 Å². The Bertz CT molecular complexity index is 834. The van der Waals surface area contributed by atoms with Crippen LogP contribution in [0.5, 0.6) is 11.5 Å². The molecule has 0 atom stereocenters. The molecule has 2 aromatic carbocycles. The van der Waals surface area contributed by atoms with E-state index in [9.17, 15) is 4.79 Å². The van der Waals surface area contributed by atoms with Crippen molar-refractivity contribution in [3.63, 3.8) is 0 Å². The van der Waals surface area contributed by atoms with Gasteiger partial charge in [0.2, 0.25) is 5.91 Å². The lowest BCUT2D eigenvalue weighted by Crippen LogP contribution is -2.43. The predicted octanol–water partition coefficient (Wildman–Crippen LogP) is 2.78. The lowest BCUT2D eigenvalue weighted by Gasteiger charge is -2.32. The lowest BCUT2D eigenvalue weighted by molar-refractivity contribution is -0.116. The first-order chi connectivity index (χ1) is 14.6. The minimum absolute atomic E-state index is 0.140. The van der Waals surface area contributed by atoms with Crippen LogP contribution in [0.3, 0.4) is 0 Å². The summed E-state index contributed by atoms with van der Waals surface area (Å²) in [7, 11) is 5.37. The molecule has 3 rings (SSSR count). The third-order valence-electron chi connectivity index (χ3n) is 5.29. The Balaban J connectivity index is 1.48. The van der Waals surface area contributed by atoms with Gasteiger partial charge in [0.05, 0.1) is 14.2 Å². The van der Waals surface area contributed by atoms with Gasteiger partial charge in [0.25, 0.3) is 0 Å². The zero-order chi connectivity index (χ0) is 21.3. The molecule has 2 aromatic rings. The maximum Gasteiger partial charge on any atom is 0.244 e. The molecule has 30 heavy (non-hydrogen) atoms. The van der Waals surface area contributed by atoms with Crippen LogP contribution in [-0.4, -0.2) is 63.2 Å². The normalized spacial score (nSPS) is 15.3. The number of methoxy groups -OCH3 is 2. The van der Waals surface area contributed by atoms with E-state index in [0.29, 0.717) is 18.0 Å². The fourth-order valence-corrected chi connectivity index (χ4v) is 3.37. The Morgan fingerprint density at radius 2 is 1.57 bits per heavy atom. The summed E-state index contributed by atoms with van der Waals surface area (Å²) in [6, 6.07) is 14.0. The summed E-state index contributed by atoms with van der Waals surface area (Å²) in [6.07, 6.45) is 3.27. The van der Waals surface area contributed by atoms with Crippen LogP contribution in [0.15, 0.2) is 48.5 Å². The maximum atomic E-state index is 12.2. The molecule has 0 unspecified atom stereocenters. The predicted molar refractivity (Wildman–Crippen MR) is 120 cm³/mol. The first kappa shape index (κ1) is 21.9. The van der Waals surface area contributed by atoms with Crippen LogP contribution in [0.25, 0.3) is 6.08 Å². The third kappa shape index (κ3) is 6.61. The molecular weight excluding hydrogens is 378 g/mol. The van der Waals surface area contributed by atoms with Crippen molar-refractivity contribution in [3.05, 3.63) is 65.2 Å². The smallest absolute Gasteiger partial charge is 0.244 e. The molecule has 1 aliphatic rings. The number of amides is 1. The SMILES string of the molecule is COc1cc(/C=C/C(=O)NCc2ccc(CN3CCN(C)CC3)cc2)cc(OC)c1. The molecule has 0 spiro atoms. The van der Waals surface area contributed by atoms with Gasteiger partial charge in [-0.15, -0.1) is 0 Å². The van der Waals surface area contributed by atoms with E-state index in [0.717, 1.165) is 43.9 Å². The van der Waals surface area contributed by atoms with Gasteiger partial charge in [-0.2, -0.15) is 0 Å². The number of piperazine rings is 1. The van der Waals surface area contributed by atoms with Crippen LogP contribution in [-0.2, 0) is 17.9 Å². The number of carbonyl (C=O) groups is 1. The standard InChI is InChI=1S/C24H31N3O3/c1-26-10-12-27(13-11-26)18-20-6-4-19(5-7-20)17-25-24(28)9-8-21-14-22(29-2)16-23(15-21)30-3/h4-9,14-16H,10-13,17-18H2,1-3H3,(H,25,28)/b9-8+. The molecule has 1 amide bonds. The van der Waals surface area contributed by atoms with E-state index in [-0.39, 0.29) is 5.91 Å². The van der Waals surface area contributed by atoms with Gasteiger partial charge in [0, 0.05) is 51.4 Å². The fourth-order valence-electron chi connectivity index (χ4n) is 3.37. The molecule has 1 fully saturated rings. The van der Waals surface area contributed by atoms with Crippen LogP contribution in [0.4, 0.5) is 0 Å². The highest BCUT2D eigenvalue weighted by Crippen LogP contribution is 2.23. The molecule has 1 saturated heterocycles.